The molecule has 0 spiro atoms. The van der Waals surface area contributed by atoms with Crippen molar-refractivity contribution in [3.63, 3.8) is 0 Å². The number of rotatable bonds is 0. The molecule has 0 amide bonds. The standard InChI is InChI=1S/C9H9F3O/c1-5-3-6(2)8(13)7(4-5)9(10,11)12/h3-4,6H,1-2H3. The van der Waals surface area contributed by atoms with Gasteiger partial charge in [-0.25, -0.2) is 0 Å². The van der Waals surface area contributed by atoms with Crippen molar-refractivity contribution in [1.29, 1.82) is 0 Å². The molecule has 1 unspecified atom stereocenters. The number of ketones is 1. The summed E-state index contributed by atoms with van der Waals surface area (Å²) in [7, 11) is 0. The fraction of sp³-hybridized carbons (Fsp3) is 0.444. The van der Waals surface area contributed by atoms with Crippen molar-refractivity contribution < 1.29 is 18.0 Å². The second-order valence-corrected chi connectivity index (χ2v) is 3.12. The largest absolute Gasteiger partial charge is 0.419 e. The molecule has 13 heavy (non-hydrogen) atoms. The third kappa shape index (κ3) is 1.99. The summed E-state index contributed by atoms with van der Waals surface area (Å²) in [6.07, 6.45) is -2.11. The van der Waals surface area contributed by atoms with Crippen LogP contribution >= 0.6 is 0 Å². The van der Waals surface area contributed by atoms with Crippen LogP contribution in [0.2, 0.25) is 0 Å². The highest BCUT2D eigenvalue weighted by molar-refractivity contribution is 6.00. The van der Waals surface area contributed by atoms with Gasteiger partial charge < -0.3 is 0 Å². The lowest BCUT2D eigenvalue weighted by Gasteiger charge is -2.17. The van der Waals surface area contributed by atoms with Crippen LogP contribution in [0.1, 0.15) is 13.8 Å². The lowest BCUT2D eigenvalue weighted by Crippen LogP contribution is -2.26. The van der Waals surface area contributed by atoms with E-state index in [2.05, 4.69) is 0 Å². The van der Waals surface area contributed by atoms with Crippen LogP contribution in [-0.2, 0) is 4.79 Å². The molecule has 1 nitrogen and oxygen atoms in total. The van der Waals surface area contributed by atoms with Crippen LogP contribution in [0.3, 0.4) is 0 Å². The van der Waals surface area contributed by atoms with Gasteiger partial charge in [0.05, 0.1) is 5.57 Å². The first-order valence-corrected chi connectivity index (χ1v) is 3.84. The minimum Gasteiger partial charge on any atom is -0.294 e. The van der Waals surface area contributed by atoms with E-state index in [0.29, 0.717) is 5.57 Å². The summed E-state index contributed by atoms with van der Waals surface area (Å²) in [4.78, 5) is 11.1. The van der Waals surface area contributed by atoms with Gasteiger partial charge in [-0.15, -0.1) is 0 Å². The van der Waals surface area contributed by atoms with Crippen LogP contribution < -0.4 is 0 Å². The quantitative estimate of drug-likeness (QED) is 0.573. The van der Waals surface area contributed by atoms with E-state index in [1.54, 1.807) is 6.92 Å². The van der Waals surface area contributed by atoms with Crippen LogP contribution in [0, 0.1) is 5.92 Å². The fourth-order valence-corrected chi connectivity index (χ4v) is 1.28. The molecular weight excluding hydrogens is 181 g/mol. The van der Waals surface area contributed by atoms with Crippen molar-refractivity contribution in [3.8, 4) is 0 Å². The van der Waals surface area contributed by atoms with Gasteiger partial charge in [0.1, 0.15) is 0 Å². The molecule has 0 aromatic carbocycles. The Morgan fingerprint density at radius 3 is 2.38 bits per heavy atom. The second kappa shape index (κ2) is 3.01. The Balaban J connectivity index is 3.10. The SMILES string of the molecule is CC1=CC(C)C(=O)C(C(F)(F)F)=C1. The molecule has 0 saturated carbocycles. The third-order valence-electron chi connectivity index (χ3n) is 1.87. The molecule has 0 bridgehead atoms. The van der Waals surface area contributed by atoms with Crippen LogP contribution in [0.25, 0.3) is 0 Å². The van der Waals surface area contributed by atoms with Crippen molar-refractivity contribution in [2.24, 2.45) is 5.92 Å². The Labute approximate surface area is 73.9 Å². The van der Waals surface area contributed by atoms with E-state index in [1.807, 2.05) is 0 Å². The number of halogens is 3. The maximum Gasteiger partial charge on any atom is 0.419 e. The van der Waals surface area contributed by atoms with Gasteiger partial charge >= 0.3 is 6.18 Å². The topological polar surface area (TPSA) is 17.1 Å². The van der Waals surface area contributed by atoms with Gasteiger partial charge in [-0.1, -0.05) is 18.6 Å². The first-order valence-electron chi connectivity index (χ1n) is 3.84. The Hall–Kier alpha value is -1.06. The number of alkyl halides is 3. The predicted molar refractivity (Wildman–Crippen MR) is 42.1 cm³/mol. The summed E-state index contributed by atoms with van der Waals surface area (Å²) in [6.45, 7) is 3.01. The lowest BCUT2D eigenvalue weighted by atomic mass is 9.90. The second-order valence-electron chi connectivity index (χ2n) is 3.12. The van der Waals surface area contributed by atoms with Gasteiger partial charge in [0.2, 0.25) is 0 Å². The molecule has 1 atom stereocenters. The van der Waals surface area contributed by atoms with E-state index in [0.717, 1.165) is 6.08 Å². The van der Waals surface area contributed by atoms with E-state index in [4.69, 9.17) is 0 Å². The van der Waals surface area contributed by atoms with Gasteiger partial charge in [0.25, 0.3) is 0 Å². The highest BCUT2D eigenvalue weighted by Crippen LogP contribution is 2.32. The van der Waals surface area contributed by atoms with Gasteiger partial charge in [0, 0.05) is 5.92 Å². The highest BCUT2D eigenvalue weighted by atomic mass is 19.4. The summed E-state index contributed by atoms with van der Waals surface area (Å²) >= 11 is 0. The minimum atomic E-state index is -4.53. The van der Waals surface area contributed by atoms with Crippen LogP contribution in [0.15, 0.2) is 23.3 Å². The number of carbonyl (C=O) groups excluding carboxylic acids is 1. The average Bonchev–Trinajstić information content (AvgIpc) is 1.94. The Morgan fingerprint density at radius 1 is 1.38 bits per heavy atom. The van der Waals surface area contributed by atoms with Crippen molar-refractivity contribution >= 4 is 5.78 Å². The molecule has 0 N–H and O–H groups in total. The minimum absolute atomic E-state index is 0.486. The fourth-order valence-electron chi connectivity index (χ4n) is 1.28. The highest BCUT2D eigenvalue weighted by Gasteiger charge is 2.40. The van der Waals surface area contributed by atoms with E-state index >= 15 is 0 Å². The normalized spacial score (nSPS) is 24.1. The molecule has 0 aliphatic heterocycles. The van der Waals surface area contributed by atoms with Crippen molar-refractivity contribution in [2.45, 2.75) is 20.0 Å². The first-order chi connectivity index (χ1) is 5.82. The Morgan fingerprint density at radius 2 is 1.92 bits per heavy atom. The van der Waals surface area contributed by atoms with Gasteiger partial charge in [-0.2, -0.15) is 13.2 Å². The summed E-state index contributed by atoms with van der Waals surface area (Å²) < 4.78 is 36.7. The van der Waals surface area contributed by atoms with Crippen LogP contribution in [0.5, 0.6) is 0 Å². The molecule has 1 aliphatic rings. The molecule has 72 valence electrons. The molecular formula is C9H9F3O. The average molecular weight is 190 g/mol. The van der Waals surface area contributed by atoms with Gasteiger partial charge in [0.15, 0.2) is 5.78 Å². The van der Waals surface area contributed by atoms with Gasteiger partial charge in [-0.3, -0.25) is 4.79 Å². The first kappa shape index (κ1) is 10.0. The van der Waals surface area contributed by atoms with E-state index in [9.17, 15) is 18.0 Å². The molecule has 1 aliphatic carbocycles. The maximum atomic E-state index is 12.2. The van der Waals surface area contributed by atoms with E-state index in [1.165, 1.54) is 13.0 Å². The molecule has 0 saturated heterocycles. The smallest absolute Gasteiger partial charge is 0.294 e. The zero-order valence-electron chi connectivity index (χ0n) is 7.27. The summed E-state index contributed by atoms with van der Waals surface area (Å²) in [6, 6.07) is 0. The number of hydrogen-bond acceptors (Lipinski definition) is 1. The zero-order chi connectivity index (χ0) is 10.2. The summed E-state index contributed by atoms with van der Waals surface area (Å²) in [5.74, 6) is -1.51. The van der Waals surface area contributed by atoms with Crippen molar-refractivity contribution in [1.82, 2.24) is 0 Å². The summed E-state index contributed by atoms with van der Waals surface area (Å²) in [5.41, 5.74) is -0.556. The van der Waals surface area contributed by atoms with Crippen LogP contribution in [0.4, 0.5) is 13.2 Å². The molecule has 0 fully saturated rings. The van der Waals surface area contributed by atoms with Crippen molar-refractivity contribution in [2.75, 3.05) is 0 Å². The molecule has 0 aromatic heterocycles. The summed E-state index contributed by atoms with van der Waals surface area (Å²) in [5, 5.41) is 0. The molecule has 0 radical (unpaired) electrons. The van der Waals surface area contributed by atoms with E-state index in [-0.39, 0.29) is 0 Å². The molecule has 1 rings (SSSR count). The third-order valence-corrected chi connectivity index (χ3v) is 1.87. The Bertz CT molecular complexity index is 296. The maximum absolute atomic E-state index is 12.2. The molecule has 0 aromatic rings. The number of allylic oxidation sites excluding steroid dienone is 4. The van der Waals surface area contributed by atoms with Gasteiger partial charge in [-0.05, 0) is 13.0 Å². The monoisotopic (exact) mass is 190 g/mol. The lowest BCUT2D eigenvalue weighted by molar-refractivity contribution is -0.131. The number of Topliss-reactive ketones (excluding diaryl/α,β-unsaturated/α-hetero) is 1. The predicted octanol–water partition coefficient (Wildman–Crippen LogP) is 2.64. The molecule has 4 heteroatoms. The molecule has 0 heterocycles. The number of carbonyl (C=O) groups is 1. The van der Waals surface area contributed by atoms with E-state index < -0.39 is 23.5 Å². The van der Waals surface area contributed by atoms with Crippen LogP contribution in [-0.4, -0.2) is 12.0 Å². The Kier molecular flexibility index (Phi) is 2.32. The zero-order valence-corrected chi connectivity index (χ0v) is 7.27. The number of hydrogen-bond donors (Lipinski definition) is 0. The van der Waals surface area contributed by atoms with Crippen molar-refractivity contribution in [3.05, 3.63) is 23.3 Å².